The van der Waals surface area contributed by atoms with E-state index < -0.39 is 16.1 Å². The molecule has 0 radical (unpaired) electrons. The average molecular weight is 573 g/mol. The molecule has 3 rings (SSSR count). The largest absolute Gasteiger partial charge is 0.424 e. The molecule has 202 valence electrons. The molecule has 0 fully saturated rings. The molecule has 0 aliphatic rings. The lowest BCUT2D eigenvalue weighted by atomic mass is 10.2. The van der Waals surface area contributed by atoms with Crippen LogP contribution in [-0.4, -0.2) is 63.7 Å². The van der Waals surface area contributed by atoms with Crippen molar-refractivity contribution in [3.8, 4) is 11.8 Å². The molecule has 37 heavy (non-hydrogen) atoms. The lowest BCUT2D eigenvalue weighted by Crippen LogP contribution is -2.30. The zero-order valence-electron chi connectivity index (χ0n) is 21.1. The van der Waals surface area contributed by atoms with Crippen molar-refractivity contribution in [2.75, 3.05) is 45.4 Å². The summed E-state index contributed by atoms with van der Waals surface area (Å²) >= 11 is 11.9. The third kappa shape index (κ3) is 7.56. The first-order valence-corrected chi connectivity index (χ1v) is 13.8. The number of ether oxygens (including phenoxy) is 3. The number of nitrogens with zero attached hydrogens (tertiary/aromatic N) is 4. The SMILES string of the molecule is CCn1c(Oc2cccc(N(CCOC)CCOC)c2)nnc1[C@@H](C)NS(=O)(=O)c1ccc(Cl)c(Cl)c1. The van der Waals surface area contributed by atoms with Gasteiger partial charge in [-0.1, -0.05) is 34.4 Å². The van der Waals surface area contributed by atoms with E-state index in [1.807, 2.05) is 31.2 Å². The van der Waals surface area contributed by atoms with Crippen molar-refractivity contribution in [1.82, 2.24) is 19.5 Å². The van der Waals surface area contributed by atoms with Crippen LogP contribution in [0.15, 0.2) is 47.4 Å². The van der Waals surface area contributed by atoms with Crippen molar-refractivity contribution >= 4 is 38.9 Å². The van der Waals surface area contributed by atoms with E-state index in [0.29, 0.717) is 44.4 Å². The van der Waals surface area contributed by atoms with E-state index in [1.54, 1.807) is 25.7 Å². The van der Waals surface area contributed by atoms with Crippen LogP contribution >= 0.6 is 23.2 Å². The number of methoxy groups -OCH3 is 2. The second-order valence-corrected chi connectivity index (χ2v) is 10.6. The third-order valence-corrected chi connectivity index (χ3v) is 7.78. The number of rotatable bonds is 14. The zero-order chi connectivity index (χ0) is 27.0. The molecule has 0 amide bonds. The molecule has 0 aliphatic heterocycles. The van der Waals surface area contributed by atoms with Crippen molar-refractivity contribution in [3.05, 3.63) is 58.3 Å². The van der Waals surface area contributed by atoms with Crippen LogP contribution in [0, 0.1) is 0 Å². The van der Waals surface area contributed by atoms with Crippen molar-refractivity contribution in [2.45, 2.75) is 31.3 Å². The molecular formula is C24H31Cl2N5O5S. The number of sulfonamides is 1. The molecule has 13 heteroatoms. The minimum atomic E-state index is -3.89. The maximum atomic E-state index is 12.9. The van der Waals surface area contributed by atoms with Crippen LogP contribution in [0.3, 0.4) is 0 Å². The molecule has 0 saturated heterocycles. The minimum Gasteiger partial charge on any atom is -0.424 e. The molecule has 0 spiro atoms. The van der Waals surface area contributed by atoms with Crippen LogP contribution in [0.25, 0.3) is 0 Å². The molecule has 0 saturated carbocycles. The summed E-state index contributed by atoms with van der Waals surface area (Å²) in [6, 6.07) is 11.3. The Balaban J connectivity index is 1.80. The van der Waals surface area contributed by atoms with E-state index >= 15 is 0 Å². The topological polar surface area (TPSA) is 108 Å². The predicted molar refractivity (Wildman–Crippen MR) is 143 cm³/mol. The molecule has 0 bridgehead atoms. The van der Waals surface area contributed by atoms with Crippen LogP contribution in [0.4, 0.5) is 5.69 Å². The van der Waals surface area contributed by atoms with Crippen LogP contribution in [0.2, 0.25) is 10.0 Å². The first-order chi connectivity index (χ1) is 17.7. The van der Waals surface area contributed by atoms with Crippen LogP contribution in [0.1, 0.15) is 25.7 Å². The Morgan fingerprint density at radius 1 is 1.03 bits per heavy atom. The van der Waals surface area contributed by atoms with Gasteiger partial charge in [0.15, 0.2) is 5.82 Å². The fraction of sp³-hybridized carbons (Fsp3) is 0.417. The summed E-state index contributed by atoms with van der Waals surface area (Å²) < 4.78 is 46.7. The van der Waals surface area contributed by atoms with E-state index in [-0.39, 0.29) is 21.0 Å². The molecule has 1 atom stereocenters. The standard InChI is InChI=1S/C24H31Cl2N5O5S/c1-5-31-23(17(2)29-37(32,33)20-9-10-21(25)22(26)16-20)27-28-24(31)36-19-8-6-7-18(15-19)30(11-13-34-3)12-14-35-4/h6-10,15-17,29H,5,11-14H2,1-4H3/t17-/m1/s1. The highest BCUT2D eigenvalue weighted by molar-refractivity contribution is 7.89. The molecular weight excluding hydrogens is 541 g/mol. The summed E-state index contributed by atoms with van der Waals surface area (Å²) in [5.41, 5.74) is 0.942. The number of hydrogen-bond donors (Lipinski definition) is 1. The first kappa shape index (κ1) is 29.2. The number of hydrogen-bond acceptors (Lipinski definition) is 8. The Hall–Kier alpha value is -2.41. The smallest absolute Gasteiger partial charge is 0.322 e. The van der Waals surface area contributed by atoms with Gasteiger partial charge in [-0.3, -0.25) is 4.57 Å². The number of aromatic nitrogens is 3. The molecule has 2 aromatic carbocycles. The lowest BCUT2D eigenvalue weighted by molar-refractivity contribution is 0.190. The molecule has 0 aliphatic carbocycles. The van der Waals surface area contributed by atoms with Gasteiger partial charge in [0.1, 0.15) is 5.75 Å². The fourth-order valence-corrected chi connectivity index (χ4v) is 5.20. The fourth-order valence-electron chi connectivity index (χ4n) is 3.61. The van der Waals surface area contributed by atoms with Gasteiger partial charge < -0.3 is 19.1 Å². The summed E-state index contributed by atoms with van der Waals surface area (Å²) in [7, 11) is -0.570. The van der Waals surface area contributed by atoms with Crippen molar-refractivity contribution < 1.29 is 22.6 Å². The number of anilines is 1. The quantitative estimate of drug-likeness (QED) is 0.300. The molecule has 1 heterocycles. The molecule has 3 aromatic rings. The lowest BCUT2D eigenvalue weighted by Gasteiger charge is -2.24. The van der Waals surface area contributed by atoms with Crippen molar-refractivity contribution in [2.24, 2.45) is 0 Å². The maximum Gasteiger partial charge on any atom is 0.322 e. The minimum absolute atomic E-state index is 0.00361. The number of nitrogens with one attached hydrogen (secondary N) is 1. The van der Waals surface area contributed by atoms with Gasteiger partial charge in [-0.2, -0.15) is 0 Å². The van der Waals surface area contributed by atoms with Gasteiger partial charge in [-0.05, 0) is 44.2 Å². The Bertz CT molecular complexity index is 1280. The molecule has 0 unspecified atom stereocenters. The normalized spacial score (nSPS) is 12.5. The van der Waals surface area contributed by atoms with Gasteiger partial charge in [-0.15, -0.1) is 5.10 Å². The van der Waals surface area contributed by atoms with Gasteiger partial charge in [0.2, 0.25) is 10.0 Å². The van der Waals surface area contributed by atoms with Crippen molar-refractivity contribution in [3.63, 3.8) is 0 Å². The van der Waals surface area contributed by atoms with Gasteiger partial charge >= 0.3 is 6.01 Å². The third-order valence-electron chi connectivity index (χ3n) is 5.50. The zero-order valence-corrected chi connectivity index (χ0v) is 23.5. The summed E-state index contributed by atoms with van der Waals surface area (Å²) in [6.07, 6.45) is 0. The Labute approximate surface area is 227 Å². The molecule has 1 N–H and O–H groups in total. The van der Waals surface area contributed by atoms with Crippen LogP contribution in [0.5, 0.6) is 11.8 Å². The highest BCUT2D eigenvalue weighted by Crippen LogP contribution is 2.28. The van der Waals surface area contributed by atoms with E-state index in [4.69, 9.17) is 37.4 Å². The van der Waals surface area contributed by atoms with Crippen LogP contribution < -0.4 is 14.4 Å². The predicted octanol–water partition coefficient (Wildman–Crippen LogP) is 4.54. The van der Waals surface area contributed by atoms with Gasteiger partial charge in [0.05, 0.1) is 34.2 Å². The maximum absolute atomic E-state index is 12.9. The van der Waals surface area contributed by atoms with Gasteiger partial charge in [0, 0.05) is 45.6 Å². The van der Waals surface area contributed by atoms with E-state index in [2.05, 4.69) is 19.8 Å². The summed E-state index contributed by atoms with van der Waals surface area (Å²) in [4.78, 5) is 2.13. The Morgan fingerprint density at radius 2 is 1.73 bits per heavy atom. The van der Waals surface area contributed by atoms with Crippen LogP contribution in [-0.2, 0) is 26.0 Å². The Kier molecular flexibility index (Phi) is 10.6. The molecule has 10 nitrogen and oxygen atoms in total. The highest BCUT2D eigenvalue weighted by atomic mass is 35.5. The average Bonchev–Trinajstić information content (AvgIpc) is 3.28. The Morgan fingerprint density at radius 3 is 2.35 bits per heavy atom. The monoisotopic (exact) mass is 571 g/mol. The van der Waals surface area contributed by atoms with E-state index in [1.165, 1.54) is 18.2 Å². The second kappa shape index (κ2) is 13.4. The molecule has 1 aromatic heterocycles. The first-order valence-electron chi connectivity index (χ1n) is 11.6. The summed E-state index contributed by atoms with van der Waals surface area (Å²) in [5, 5.41) is 8.79. The van der Waals surface area contributed by atoms with E-state index in [0.717, 1.165) is 5.69 Å². The number of halogens is 2. The second-order valence-electron chi connectivity index (χ2n) is 8.08. The van der Waals surface area contributed by atoms with Gasteiger partial charge in [-0.25, -0.2) is 13.1 Å². The number of benzene rings is 2. The van der Waals surface area contributed by atoms with Gasteiger partial charge in [0.25, 0.3) is 0 Å². The van der Waals surface area contributed by atoms with E-state index in [9.17, 15) is 8.42 Å². The summed E-state index contributed by atoms with van der Waals surface area (Å²) in [5.74, 6) is 0.967. The van der Waals surface area contributed by atoms with Crippen molar-refractivity contribution in [1.29, 1.82) is 0 Å². The summed E-state index contributed by atoms with van der Waals surface area (Å²) in [6.45, 7) is 6.55. The highest BCUT2D eigenvalue weighted by Gasteiger charge is 2.24.